The number of fused-ring (bicyclic) bond motifs is 1. The molecule has 188 valence electrons. The summed E-state index contributed by atoms with van der Waals surface area (Å²) in [5, 5.41) is 6.54. The van der Waals surface area contributed by atoms with Gasteiger partial charge in [0.05, 0.1) is 15.2 Å². The van der Waals surface area contributed by atoms with Crippen LogP contribution >= 0.6 is 34.5 Å². The van der Waals surface area contributed by atoms with Gasteiger partial charge in [-0.05, 0) is 63.9 Å². The van der Waals surface area contributed by atoms with E-state index in [9.17, 15) is 9.18 Å². The topological polar surface area (TPSA) is 66.5 Å². The molecule has 6 nitrogen and oxygen atoms in total. The number of nitrogens with zero attached hydrogens (tertiary/aromatic N) is 2. The standard InChI is InChI=1S/C25H29Cl2FN4O2S/c1-14-5-4-6-15(2)32(14)12-11-29-24(33)31-25-30-20-10-7-17(13-21(20)35-25)34-16(3)22-18(26)8-9-19(28)23(22)27/h7-10,13-16H,4-6,11-12H2,1-3H3,(H2,29,30,31,33). The molecule has 0 spiro atoms. The van der Waals surface area contributed by atoms with Gasteiger partial charge in [-0.25, -0.2) is 14.2 Å². The molecule has 0 aliphatic carbocycles. The third kappa shape index (κ3) is 6.17. The summed E-state index contributed by atoms with van der Waals surface area (Å²) >= 11 is 13.7. The molecule has 1 aliphatic heterocycles. The second-order valence-corrected chi connectivity index (χ2v) is 10.7. The number of aromatic nitrogens is 1. The molecule has 3 aromatic rings. The highest BCUT2D eigenvalue weighted by molar-refractivity contribution is 7.22. The molecule has 0 radical (unpaired) electrons. The highest BCUT2D eigenvalue weighted by atomic mass is 35.5. The first-order valence-corrected chi connectivity index (χ1v) is 13.3. The molecule has 3 atom stereocenters. The fraction of sp³-hybridized carbons (Fsp3) is 0.440. The smallest absolute Gasteiger partial charge is 0.321 e. The molecular weight excluding hydrogens is 510 g/mol. The van der Waals surface area contributed by atoms with E-state index >= 15 is 0 Å². The van der Waals surface area contributed by atoms with Crippen LogP contribution in [0.4, 0.5) is 14.3 Å². The van der Waals surface area contributed by atoms with Crippen molar-refractivity contribution in [1.29, 1.82) is 0 Å². The van der Waals surface area contributed by atoms with Crippen LogP contribution in [0, 0.1) is 5.82 Å². The molecule has 2 N–H and O–H groups in total. The molecule has 35 heavy (non-hydrogen) atoms. The first-order chi connectivity index (χ1) is 16.7. The summed E-state index contributed by atoms with van der Waals surface area (Å²) in [6.07, 6.45) is 3.11. The lowest BCUT2D eigenvalue weighted by Gasteiger charge is -2.38. The Labute approximate surface area is 218 Å². The molecule has 1 aromatic heterocycles. The van der Waals surface area contributed by atoms with Crippen LogP contribution in [0.15, 0.2) is 30.3 Å². The van der Waals surface area contributed by atoms with Crippen molar-refractivity contribution in [3.63, 3.8) is 0 Å². The summed E-state index contributed by atoms with van der Waals surface area (Å²) in [6, 6.07) is 8.90. The number of piperidine rings is 1. The van der Waals surface area contributed by atoms with Crippen molar-refractivity contribution in [2.45, 2.75) is 58.2 Å². The molecule has 1 fully saturated rings. The number of carbonyl (C=O) groups is 1. The maximum Gasteiger partial charge on any atom is 0.321 e. The quantitative estimate of drug-likeness (QED) is 0.310. The summed E-state index contributed by atoms with van der Waals surface area (Å²) in [6.45, 7) is 7.65. The van der Waals surface area contributed by atoms with Crippen LogP contribution in [0.5, 0.6) is 5.75 Å². The second kappa shape index (κ2) is 11.3. The lowest BCUT2D eigenvalue weighted by Crippen LogP contribution is -2.47. The van der Waals surface area contributed by atoms with Gasteiger partial charge in [0.25, 0.3) is 0 Å². The Kier molecular flexibility index (Phi) is 8.37. The zero-order chi connectivity index (χ0) is 25.1. The van der Waals surface area contributed by atoms with E-state index < -0.39 is 11.9 Å². The number of amides is 2. The number of thiazole rings is 1. The van der Waals surface area contributed by atoms with Crippen molar-refractivity contribution >= 4 is 55.9 Å². The van der Waals surface area contributed by atoms with E-state index in [1.807, 2.05) is 12.1 Å². The second-order valence-electron chi connectivity index (χ2n) is 8.91. The lowest BCUT2D eigenvalue weighted by atomic mass is 9.98. The Bertz CT molecular complexity index is 1200. The predicted molar refractivity (Wildman–Crippen MR) is 142 cm³/mol. The van der Waals surface area contributed by atoms with Crippen molar-refractivity contribution in [2.75, 3.05) is 18.4 Å². The highest BCUT2D eigenvalue weighted by Crippen LogP contribution is 2.36. The maximum absolute atomic E-state index is 13.9. The fourth-order valence-electron chi connectivity index (χ4n) is 4.57. The number of hydrogen-bond donors (Lipinski definition) is 2. The number of nitrogens with one attached hydrogen (secondary N) is 2. The average molecular weight is 540 g/mol. The molecule has 1 saturated heterocycles. The van der Waals surface area contributed by atoms with Gasteiger partial charge in [0, 0.05) is 35.8 Å². The number of carbonyl (C=O) groups excluding carboxylic acids is 1. The van der Waals surface area contributed by atoms with Crippen molar-refractivity contribution in [1.82, 2.24) is 15.2 Å². The van der Waals surface area contributed by atoms with E-state index in [1.165, 1.54) is 42.7 Å². The molecule has 4 rings (SSSR count). The summed E-state index contributed by atoms with van der Waals surface area (Å²) in [7, 11) is 0. The van der Waals surface area contributed by atoms with E-state index in [4.69, 9.17) is 27.9 Å². The SMILES string of the molecule is CC(Oc1ccc2nc(NC(=O)NCCN3C(C)CCCC3C)sc2c1)c1c(Cl)ccc(F)c1Cl. The number of benzene rings is 2. The number of urea groups is 1. The number of rotatable bonds is 7. The van der Waals surface area contributed by atoms with Crippen molar-refractivity contribution in [2.24, 2.45) is 0 Å². The molecule has 0 bridgehead atoms. The minimum atomic E-state index is -0.565. The molecule has 2 heterocycles. The minimum Gasteiger partial charge on any atom is -0.486 e. The van der Waals surface area contributed by atoms with E-state index in [0.29, 0.717) is 40.1 Å². The van der Waals surface area contributed by atoms with Crippen molar-refractivity contribution in [3.8, 4) is 5.75 Å². The highest BCUT2D eigenvalue weighted by Gasteiger charge is 2.24. The molecule has 2 aromatic carbocycles. The van der Waals surface area contributed by atoms with Crippen LogP contribution in [0.1, 0.15) is 51.7 Å². The summed E-state index contributed by atoms with van der Waals surface area (Å²) < 4.78 is 20.7. The Morgan fingerprint density at radius 1 is 1.26 bits per heavy atom. The number of ether oxygens (including phenoxy) is 1. The van der Waals surface area contributed by atoms with Gasteiger partial charge in [-0.15, -0.1) is 0 Å². The van der Waals surface area contributed by atoms with Gasteiger partial charge in [-0.1, -0.05) is 41.0 Å². The van der Waals surface area contributed by atoms with Gasteiger partial charge in [-0.2, -0.15) is 0 Å². The normalized spacial score (nSPS) is 19.5. The van der Waals surface area contributed by atoms with Gasteiger partial charge in [0.2, 0.25) is 0 Å². The molecule has 10 heteroatoms. The third-order valence-electron chi connectivity index (χ3n) is 6.41. The van der Waals surface area contributed by atoms with E-state index in [-0.39, 0.29) is 11.1 Å². The molecule has 3 unspecified atom stereocenters. The zero-order valence-corrected chi connectivity index (χ0v) is 22.2. The molecule has 1 aliphatic rings. The summed E-state index contributed by atoms with van der Waals surface area (Å²) in [5.41, 5.74) is 1.13. The molecule has 2 amide bonds. The summed E-state index contributed by atoms with van der Waals surface area (Å²) in [4.78, 5) is 19.3. The van der Waals surface area contributed by atoms with Gasteiger partial charge in [0.1, 0.15) is 17.7 Å². The first kappa shape index (κ1) is 25.9. The van der Waals surface area contributed by atoms with Crippen LogP contribution in [-0.4, -0.2) is 41.1 Å². The van der Waals surface area contributed by atoms with Gasteiger partial charge in [0.15, 0.2) is 5.13 Å². The van der Waals surface area contributed by atoms with E-state index in [2.05, 4.69) is 34.4 Å². The largest absolute Gasteiger partial charge is 0.486 e. The first-order valence-electron chi connectivity index (χ1n) is 11.7. The molecular formula is C25H29Cl2FN4O2S. The number of halogens is 3. The van der Waals surface area contributed by atoms with Crippen molar-refractivity contribution in [3.05, 3.63) is 51.8 Å². The fourth-order valence-corrected chi connectivity index (χ4v) is 6.13. The Morgan fingerprint density at radius 2 is 2.00 bits per heavy atom. The average Bonchev–Trinajstić information content (AvgIpc) is 3.20. The van der Waals surface area contributed by atoms with Crippen LogP contribution in [0.25, 0.3) is 10.2 Å². The number of likely N-dealkylation sites (tertiary alicyclic amines) is 1. The number of hydrogen-bond acceptors (Lipinski definition) is 5. The zero-order valence-electron chi connectivity index (χ0n) is 19.9. The van der Waals surface area contributed by atoms with Gasteiger partial charge < -0.3 is 10.1 Å². The lowest BCUT2D eigenvalue weighted by molar-refractivity contribution is 0.105. The Morgan fingerprint density at radius 3 is 2.74 bits per heavy atom. The predicted octanol–water partition coefficient (Wildman–Crippen LogP) is 7.27. The van der Waals surface area contributed by atoms with E-state index in [1.54, 1.807) is 13.0 Å². The number of anilines is 1. The van der Waals surface area contributed by atoms with Gasteiger partial charge in [-0.3, -0.25) is 10.2 Å². The molecule has 0 saturated carbocycles. The Balaban J connectivity index is 1.35. The monoisotopic (exact) mass is 538 g/mol. The van der Waals surface area contributed by atoms with Gasteiger partial charge >= 0.3 is 6.03 Å². The van der Waals surface area contributed by atoms with Crippen LogP contribution in [0.3, 0.4) is 0 Å². The third-order valence-corrected chi connectivity index (χ3v) is 8.06. The maximum atomic E-state index is 13.9. The van der Waals surface area contributed by atoms with Crippen LogP contribution < -0.4 is 15.4 Å². The summed E-state index contributed by atoms with van der Waals surface area (Å²) in [5.74, 6) is 0.0131. The van der Waals surface area contributed by atoms with Crippen LogP contribution in [0.2, 0.25) is 10.0 Å². The van der Waals surface area contributed by atoms with E-state index in [0.717, 1.165) is 16.8 Å². The Hall–Kier alpha value is -2.13. The van der Waals surface area contributed by atoms with Crippen LogP contribution in [-0.2, 0) is 0 Å². The van der Waals surface area contributed by atoms with Crippen molar-refractivity contribution < 1.29 is 13.9 Å². The minimum absolute atomic E-state index is 0.0504.